The first-order chi connectivity index (χ1) is 17.1. The van der Waals surface area contributed by atoms with Crippen molar-refractivity contribution < 1.29 is 112 Å². The van der Waals surface area contributed by atoms with Gasteiger partial charge in [-0.25, -0.2) is 34.5 Å². The van der Waals surface area contributed by atoms with E-state index < -0.39 is 58.6 Å². The molecule has 1 atom stereocenters. The number of carbonyl (C=O) groups excluding carboxylic acids is 2. The van der Waals surface area contributed by atoms with E-state index in [-0.39, 0.29) is 56.5 Å². The quantitative estimate of drug-likeness (QED) is 0.0871. The molecule has 0 radical (unpaired) electrons. The Morgan fingerprint density at radius 3 is 1.09 bits per heavy atom. The van der Waals surface area contributed by atoms with Crippen molar-refractivity contribution in [2.75, 3.05) is 0 Å². The maximum atomic E-state index is 11.6. The Kier molecular flexibility index (Phi) is 35.2. The van der Waals surface area contributed by atoms with Gasteiger partial charge < -0.3 is 49.1 Å². The zero-order valence-electron chi connectivity index (χ0n) is 24.0. The van der Waals surface area contributed by atoms with Gasteiger partial charge in [-0.15, -0.1) is 0 Å². The third-order valence-corrected chi connectivity index (χ3v) is 4.44. The summed E-state index contributed by atoms with van der Waals surface area (Å²) >= 11 is 0. The summed E-state index contributed by atoms with van der Waals surface area (Å²) in [6.45, 7) is 7.21. The van der Waals surface area contributed by atoms with E-state index >= 15 is 0 Å². The largest absolute Gasteiger partial charge is 2.00 e. The van der Waals surface area contributed by atoms with Gasteiger partial charge in [0.1, 0.15) is 5.60 Å². The predicted octanol–water partition coefficient (Wildman–Crippen LogP) is 3.30. The van der Waals surface area contributed by atoms with Crippen LogP contribution in [0.1, 0.15) is 34.1 Å². The minimum absolute atomic E-state index is 0. The second-order valence-electron chi connectivity index (χ2n) is 7.44. The minimum Gasteiger partial charge on any atom is -0.741 e. The van der Waals surface area contributed by atoms with Crippen molar-refractivity contribution >= 4 is 42.1 Å². The Morgan fingerprint density at radius 2 is 0.913 bits per heavy atom. The van der Waals surface area contributed by atoms with Crippen LogP contribution in [0.25, 0.3) is 0 Å². The van der Waals surface area contributed by atoms with Gasteiger partial charge in [-0.2, -0.15) is 39.5 Å². The SMILES string of the molecule is CC([O+]=C1C=CCC=C1)C(=O)OC(C)(C)C.N.N.N.N.N.O=S(=O)([O-])C(F)(F)F.O=S(=O)([O-])C(F)(F)F.O=S(=O)([O-])C(F)(F)F.[Os+2]. The number of alkyl halides is 9. The Balaban J connectivity index is -0.0000000574. The van der Waals surface area contributed by atoms with Crippen molar-refractivity contribution in [2.24, 2.45) is 0 Å². The fourth-order valence-corrected chi connectivity index (χ4v) is 1.22. The molecule has 0 saturated heterocycles. The molecule has 0 aromatic rings. The molecular formula is C16H34F9N5O12OsS3. The number of ketones is 1. The number of esters is 1. The first-order valence-corrected chi connectivity index (χ1v) is 13.5. The third kappa shape index (κ3) is 33.5. The van der Waals surface area contributed by atoms with Crippen molar-refractivity contribution in [3.63, 3.8) is 0 Å². The van der Waals surface area contributed by atoms with Crippen LogP contribution in [0, 0.1) is 0 Å². The smallest absolute Gasteiger partial charge is 0.741 e. The average Bonchev–Trinajstić information content (AvgIpc) is 2.64. The van der Waals surface area contributed by atoms with Crippen LogP contribution in [0.15, 0.2) is 24.3 Å². The van der Waals surface area contributed by atoms with Crippen LogP contribution in [0.3, 0.4) is 0 Å². The number of carbonyl (C=O) groups is 1. The average molecular weight is 946 g/mol. The van der Waals surface area contributed by atoms with Crippen molar-refractivity contribution in [3.05, 3.63) is 24.3 Å². The van der Waals surface area contributed by atoms with Crippen LogP contribution in [0.2, 0.25) is 0 Å². The third-order valence-electron chi connectivity index (χ3n) is 2.74. The van der Waals surface area contributed by atoms with E-state index in [2.05, 4.69) is 0 Å². The maximum Gasteiger partial charge on any atom is 2.00 e. The van der Waals surface area contributed by atoms with Crippen LogP contribution in [-0.4, -0.2) is 78.9 Å². The number of hydrogen-bond acceptors (Lipinski definition) is 16. The van der Waals surface area contributed by atoms with Gasteiger partial charge in [0, 0.05) is 19.1 Å². The molecular weight excluding hydrogens is 912 g/mol. The molecule has 0 aromatic carbocycles. The van der Waals surface area contributed by atoms with Gasteiger partial charge in [0.15, 0.2) is 30.4 Å². The summed E-state index contributed by atoms with van der Waals surface area (Å²) in [5.41, 5.74) is -17.4. The Labute approximate surface area is 271 Å². The number of allylic oxidation sites excluding steroid dienone is 4. The molecule has 0 fully saturated rings. The van der Waals surface area contributed by atoms with E-state index in [1.165, 1.54) is 0 Å². The molecule has 1 aliphatic carbocycles. The van der Waals surface area contributed by atoms with Gasteiger partial charge >= 0.3 is 54.2 Å². The molecule has 0 aliphatic heterocycles. The zero-order valence-corrected chi connectivity index (χ0v) is 29.0. The van der Waals surface area contributed by atoms with E-state index in [1.54, 1.807) is 6.92 Å². The molecule has 0 aromatic heterocycles. The Morgan fingerprint density at radius 1 is 0.696 bits per heavy atom. The first-order valence-electron chi connectivity index (χ1n) is 9.29. The topological polar surface area (TPSA) is 384 Å². The molecule has 0 spiro atoms. The summed E-state index contributed by atoms with van der Waals surface area (Å²) in [5.74, 6) is 0.358. The first kappa shape index (κ1) is 66.5. The summed E-state index contributed by atoms with van der Waals surface area (Å²) in [4.78, 5) is 11.6. The molecule has 15 N–H and O–H groups in total. The normalized spacial score (nSPS) is 13.3. The van der Waals surface area contributed by atoms with E-state index in [0.717, 1.165) is 6.42 Å². The van der Waals surface area contributed by atoms with Crippen LogP contribution in [0.5, 0.6) is 0 Å². The van der Waals surface area contributed by atoms with E-state index in [1.807, 2.05) is 45.1 Å². The standard InChI is InChI=1S/C13H19O3.3CHF3O3S.5H3N.Os/c1-10(12(14)16-13(2,3)4)15-11-8-6-5-7-9-11;3*2-1(3,4)8(5,6)7;;;;;;/h6-10H,5H2,1-4H3;3*(H,5,6,7);5*1H3;/q+1;;;;;;;;;+2/p-3. The number of hydrogen-bond donors (Lipinski definition) is 5. The molecule has 0 saturated carbocycles. The molecule has 0 amide bonds. The van der Waals surface area contributed by atoms with Crippen molar-refractivity contribution in [2.45, 2.75) is 62.3 Å². The molecule has 1 aliphatic rings. The van der Waals surface area contributed by atoms with E-state index in [9.17, 15) is 44.3 Å². The Hall–Kier alpha value is -1.84. The fourth-order valence-electron chi connectivity index (χ4n) is 1.22. The fraction of sp³-hybridized carbons (Fsp3) is 0.625. The molecule has 17 nitrogen and oxygen atoms in total. The second kappa shape index (κ2) is 24.3. The summed E-state index contributed by atoms with van der Waals surface area (Å²) in [6, 6.07) is 0. The van der Waals surface area contributed by atoms with E-state index in [4.69, 9.17) is 48.1 Å². The van der Waals surface area contributed by atoms with Gasteiger partial charge in [-0.1, -0.05) is 12.2 Å². The second-order valence-corrected chi connectivity index (χ2v) is 11.5. The van der Waals surface area contributed by atoms with Crippen molar-refractivity contribution in [3.8, 4) is 0 Å². The molecule has 0 heterocycles. The molecule has 1 unspecified atom stereocenters. The predicted molar refractivity (Wildman–Crippen MR) is 136 cm³/mol. The molecule has 0 bridgehead atoms. The van der Waals surface area contributed by atoms with Crippen molar-refractivity contribution in [1.82, 2.24) is 30.8 Å². The van der Waals surface area contributed by atoms with Gasteiger partial charge in [0.25, 0.3) is 0 Å². The summed E-state index contributed by atoms with van der Waals surface area (Å²) in [7, 11) is -18.3. The Bertz CT molecular complexity index is 1150. The van der Waals surface area contributed by atoms with Gasteiger partial charge in [0.05, 0.1) is 0 Å². The van der Waals surface area contributed by atoms with Crippen LogP contribution < -0.4 is 30.8 Å². The van der Waals surface area contributed by atoms with E-state index in [0.29, 0.717) is 5.78 Å². The van der Waals surface area contributed by atoms with Gasteiger partial charge in [-0.3, -0.25) is 0 Å². The van der Waals surface area contributed by atoms with Crippen molar-refractivity contribution in [1.29, 1.82) is 0 Å². The van der Waals surface area contributed by atoms with Crippen LogP contribution >= 0.6 is 0 Å². The molecule has 1 rings (SSSR count). The van der Waals surface area contributed by atoms with Crippen LogP contribution in [-0.2, 0) is 64.1 Å². The zero-order chi connectivity index (χ0) is 33.2. The van der Waals surface area contributed by atoms with Crippen LogP contribution in [0.4, 0.5) is 39.5 Å². The number of ether oxygens (including phenoxy) is 1. The molecule has 46 heavy (non-hydrogen) atoms. The monoisotopic (exact) mass is 947 g/mol. The number of rotatable bonds is 2. The molecule has 30 heteroatoms. The molecule has 284 valence electrons. The van der Waals surface area contributed by atoms with Gasteiger partial charge in [0.2, 0.25) is 0 Å². The summed E-state index contributed by atoms with van der Waals surface area (Å²) < 4.78 is 187. The summed E-state index contributed by atoms with van der Waals surface area (Å²) in [5, 5.41) is 0. The summed E-state index contributed by atoms with van der Waals surface area (Å²) in [6.07, 6.45) is 8.02. The maximum absolute atomic E-state index is 11.6. The number of halogens is 9. The minimum atomic E-state index is -6.09. The van der Waals surface area contributed by atoms with Gasteiger partial charge in [-0.05, 0) is 27.2 Å².